The van der Waals surface area contributed by atoms with Crippen LogP contribution in [-0.2, 0) is 13.0 Å². The van der Waals surface area contributed by atoms with Gasteiger partial charge < -0.3 is 5.11 Å². The Hall–Kier alpha value is -3.32. The summed E-state index contributed by atoms with van der Waals surface area (Å²) in [5, 5.41) is 9.41. The van der Waals surface area contributed by atoms with Crippen molar-refractivity contribution in [2.24, 2.45) is 0 Å². The number of aromatic nitrogens is 3. The Labute approximate surface area is 171 Å². The van der Waals surface area contributed by atoms with Crippen LogP contribution in [0.4, 0.5) is 0 Å². The zero-order valence-corrected chi connectivity index (χ0v) is 16.6. The zero-order chi connectivity index (χ0) is 20.4. The second kappa shape index (κ2) is 7.97. The quantitative estimate of drug-likeness (QED) is 0.519. The van der Waals surface area contributed by atoms with E-state index < -0.39 is 5.97 Å². The van der Waals surface area contributed by atoms with Gasteiger partial charge in [-0.25, -0.2) is 14.8 Å². The van der Waals surface area contributed by atoms with E-state index in [-0.39, 0.29) is 11.1 Å². The number of benzene rings is 2. The standard InChI is InChI=1S/C22H19N3O3S/c1-2-5-18-24-20-19(23-13-29-20)21(26)25(18)12-14-8-10-15(11-9-14)16-6-3-4-7-17(16)22(27)28/h3-4,6-11,13H,2,5,12H2,1H3,(H,27,28). The summed E-state index contributed by atoms with van der Waals surface area (Å²) in [5.41, 5.74) is 4.62. The van der Waals surface area contributed by atoms with Crippen molar-refractivity contribution in [3.8, 4) is 11.1 Å². The lowest BCUT2D eigenvalue weighted by Gasteiger charge is -2.12. The van der Waals surface area contributed by atoms with E-state index in [1.54, 1.807) is 28.3 Å². The first-order valence-electron chi connectivity index (χ1n) is 9.33. The molecular formula is C22H19N3O3S. The molecule has 0 radical (unpaired) electrons. The minimum absolute atomic E-state index is 0.125. The first-order chi connectivity index (χ1) is 14.1. The van der Waals surface area contributed by atoms with Crippen molar-refractivity contribution >= 4 is 27.7 Å². The van der Waals surface area contributed by atoms with Gasteiger partial charge in [-0.05, 0) is 29.2 Å². The fraction of sp³-hybridized carbons (Fsp3) is 0.182. The van der Waals surface area contributed by atoms with E-state index in [1.807, 2.05) is 30.3 Å². The number of aromatic carboxylic acids is 1. The highest BCUT2D eigenvalue weighted by Crippen LogP contribution is 2.24. The molecule has 29 heavy (non-hydrogen) atoms. The molecule has 0 spiro atoms. The SMILES string of the molecule is CCCc1nc2scnc2c(=O)n1Cc1ccc(-c2ccccc2C(=O)O)cc1. The maximum atomic E-state index is 12.9. The molecule has 0 aliphatic rings. The van der Waals surface area contributed by atoms with Gasteiger partial charge in [-0.3, -0.25) is 9.36 Å². The van der Waals surface area contributed by atoms with E-state index in [9.17, 15) is 14.7 Å². The van der Waals surface area contributed by atoms with Gasteiger partial charge in [0.25, 0.3) is 5.56 Å². The van der Waals surface area contributed by atoms with Crippen molar-refractivity contribution in [2.75, 3.05) is 0 Å². The summed E-state index contributed by atoms with van der Waals surface area (Å²) in [6.45, 7) is 2.46. The van der Waals surface area contributed by atoms with E-state index in [1.165, 1.54) is 11.3 Å². The fourth-order valence-electron chi connectivity index (χ4n) is 3.36. The molecule has 0 fully saturated rings. The van der Waals surface area contributed by atoms with Gasteiger partial charge in [-0.1, -0.05) is 49.4 Å². The Morgan fingerprint density at radius 1 is 1.14 bits per heavy atom. The highest BCUT2D eigenvalue weighted by atomic mass is 32.1. The maximum Gasteiger partial charge on any atom is 0.336 e. The van der Waals surface area contributed by atoms with Crippen molar-refractivity contribution in [2.45, 2.75) is 26.3 Å². The number of thiazole rings is 1. The lowest BCUT2D eigenvalue weighted by molar-refractivity contribution is 0.0697. The predicted molar refractivity (Wildman–Crippen MR) is 114 cm³/mol. The lowest BCUT2D eigenvalue weighted by atomic mass is 9.99. The van der Waals surface area contributed by atoms with E-state index in [0.717, 1.165) is 23.4 Å². The highest BCUT2D eigenvalue weighted by molar-refractivity contribution is 7.16. The van der Waals surface area contributed by atoms with Gasteiger partial charge in [0.15, 0.2) is 10.3 Å². The molecule has 0 atom stereocenters. The topological polar surface area (TPSA) is 85.1 Å². The number of carboxylic acid groups (broad SMARTS) is 1. The Morgan fingerprint density at radius 2 is 1.90 bits per heavy atom. The van der Waals surface area contributed by atoms with Crippen molar-refractivity contribution in [3.63, 3.8) is 0 Å². The Balaban J connectivity index is 1.70. The second-order valence-corrected chi connectivity index (χ2v) is 7.56. The number of hydrogen-bond acceptors (Lipinski definition) is 5. The molecule has 0 bridgehead atoms. The molecule has 2 aromatic heterocycles. The number of carbonyl (C=O) groups is 1. The molecule has 0 unspecified atom stereocenters. The molecule has 0 saturated carbocycles. The number of carboxylic acids is 1. The van der Waals surface area contributed by atoms with Gasteiger partial charge in [0, 0.05) is 6.42 Å². The normalized spacial score (nSPS) is 11.1. The van der Waals surface area contributed by atoms with Crippen molar-refractivity contribution < 1.29 is 9.90 Å². The van der Waals surface area contributed by atoms with E-state index in [0.29, 0.717) is 28.9 Å². The number of hydrogen-bond donors (Lipinski definition) is 1. The van der Waals surface area contributed by atoms with Crippen LogP contribution in [0.3, 0.4) is 0 Å². The van der Waals surface area contributed by atoms with Crippen LogP contribution in [0.25, 0.3) is 21.5 Å². The third-order valence-corrected chi connectivity index (χ3v) is 5.49. The van der Waals surface area contributed by atoms with Crippen molar-refractivity contribution in [1.82, 2.24) is 14.5 Å². The summed E-state index contributed by atoms with van der Waals surface area (Å²) >= 11 is 1.38. The molecule has 7 heteroatoms. The minimum Gasteiger partial charge on any atom is -0.478 e. The predicted octanol–water partition coefficient (Wildman–Crippen LogP) is 4.22. The number of aryl methyl sites for hydroxylation is 1. The number of fused-ring (bicyclic) bond motifs is 1. The van der Waals surface area contributed by atoms with Gasteiger partial charge in [-0.15, -0.1) is 11.3 Å². The number of rotatable bonds is 6. The van der Waals surface area contributed by atoms with E-state index >= 15 is 0 Å². The van der Waals surface area contributed by atoms with Crippen LogP contribution in [0.1, 0.15) is 35.1 Å². The molecule has 4 aromatic rings. The maximum absolute atomic E-state index is 12.9. The number of nitrogens with zero attached hydrogens (tertiary/aromatic N) is 3. The first-order valence-corrected chi connectivity index (χ1v) is 10.2. The van der Waals surface area contributed by atoms with Crippen LogP contribution in [-0.4, -0.2) is 25.6 Å². The zero-order valence-electron chi connectivity index (χ0n) is 15.8. The Kier molecular flexibility index (Phi) is 5.22. The molecule has 0 aliphatic carbocycles. The van der Waals surface area contributed by atoms with Crippen molar-refractivity contribution in [1.29, 1.82) is 0 Å². The Bertz CT molecular complexity index is 1240. The van der Waals surface area contributed by atoms with Crippen LogP contribution in [0.2, 0.25) is 0 Å². The van der Waals surface area contributed by atoms with Crippen LogP contribution >= 0.6 is 11.3 Å². The summed E-state index contributed by atoms with van der Waals surface area (Å²) in [6.07, 6.45) is 1.61. The molecular weight excluding hydrogens is 386 g/mol. The second-order valence-electron chi connectivity index (χ2n) is 6.72. The van der Waals surface area contributed by atoms with E-state index in [4.69, 9.17) is 0 Å². The van der Waals surface area contributed by atoms with Gasteiger partial charge in [-0.2, -0.15) is 0 Å². The molecule has 2 heterocycles. The van der Waals surface area contributed by atoms with Crippen LogP contribution in [0, 0.1) is 0 Å². The minimum atomic E-state index is -0.955. The Morgan fingerprint density at radius 3 is 2.62 bits per heavy atom. The lowest BCUT2D eigenvalue weighted by Crippen LogP contribution is -2.26. The molecule has 0 amide bonds. The van der Waals surface area contributed by atoms with Gasteiger partial charge in [0.2, 0.25) is 0 Å². The summed E-state index contributed by atoms with van der Waals surface area (Å²) < 4.78 is 1.69. The van der Waals surface area contributed by atoms with Crippen molar-refractivity contribution in [3.05, 3.63) is 81.3 Å². The van der Waals surface area contributed by atoms with Crippen LogP contribution in [0.15, 0.2) is 58.8 Å². The molecule has 6 nitrogen and oxygen atoms in total. The summed E-state index contributed by atoms with van der Waals surface area (Å²) in [5.74, 6) is -0.197. The van der Waals surface area contributed by atoms with Crippen LogP contribution in [0.5, 0.6) is 0 Å². The molecule has 1 N–H and O–H groups in total. The van der Waals surface area contributed by atoms with Gasteiger partial charge in [0.1, 0.15) is 5.82 Å². The van der Waals surface area contributed by atoms with Gasteiger partial charge in [0.05, 0.1) is 17.6 Å². The molecule has 0 saturated heterocycles. The monoisotopic (exact) mass is 405 g/mol. The van der Waals surface area contributed by atoms with Gasteiger partial charge >= 0.3 is 5.97 Å². The summed E-state index contributed by atoms with van der Waals surface area (Å²) in [4.78, 5) is 33.9. The first kappa shape index (κ1) is 19.0. The summed E-state index contributed by atoms with van der Waals surface area (Å²) in [6, 6.07) is 14.5. The average Bonchev–Trinajstić information content (AvgIpc) is 3.20. The highest BCUT2D eigenvalue weighted by Gasteiger charge is 2.14. The van der Waals surface area contributed by atoms with E-state index in [2.05, 4.69) is 16.9 Å². The third-order valence-electron chi connectivity index (χ3n) is 4.78. The molecule has 4 rings (SSSR count). The molecule has 146 valence electrons. The molecule has 0 aliphatic heterocycles. The molecule has 2 aromatic carbocycles. The fourth-order valence-corrected chi connectivity index (χ4v) is 4.03. The smallest absolute Gasteiger partial charge is 0.336 e. The largest absolute Gasteiger partial charge is 0.478 e. The van der Waals surface area contributed by atoms with Crippen LogP contribution < -0.4 is 5.56 Å². The third kappa shape index (κ3) is 3.69. The average molecular weight is 405 g/mol. The summed E-state index contributed by atoms with van der Waals surface area (Å²) in [7, 11) is 0.